The van der Waals surface area contributed by atoms with Crippen LogP contribution in [-0.2, 0) is 6.54 Å². The Morgan fingerprint density at radius 1 is 1.42 bits per heavy atom. The molecule has 0 atom stereocenters. The molecule has 0 aliphatic carbocycles. The summed E-state index contributed by atoms with van der Waals surface area (Å²) in [5.41, 5.74) is 1.34. The van der Waals surface area contributed by atoms with Crippen LogP contribution in [0.3, 0.4) is 0 Å². The molecule has 2 rings (SSSR count). The van der Waals surface area contributed by atoms with Crippen LogP contribution in [0.15, 0.2) is 23.0 Å². The standard InChI is InChI=1S/C14H20N2OS2/c1-14(2,4-5-17)10-15-7-12-8-16-13(19-12)11-3-6-18-9-11/h3,6,8-9,15,17H,4-5,7,10H2,1-2H3. The highest BCUT2D eigenvalue weighted by molar-refractivity contribution is 7.15. The molecule has 104 valence electrons. The van der Waals surface area contributed by atoms with Crippen LogP contribution in [0.4, 0.5) is 0 Å². The summed E-state index contributed by atoms with van der Waals surface area (Å²) in [5, 5.41) is 17.7. The van der Waals surface area contributed by atoms with Crippen LogP contribution in [0.5, 0.6) is 0 Å². The second kappa shape index (κ2) is 6.61. The molecule has 2 N–H and O–H groups in total. The minimum Gasteiger partial charge on any atom is -0.396 e. The maximum atomic E-state index is 8.99. The Bertz CT molecular complexity index is 491. The lowest BCUT2D eigenvalue weighted by molar-refractivity contribution is 0.207. The van der Waals surface area contributed by atoms with E-state index in [0.717, 1.165) is 24.5 Å². The van der Waals surface area contributed by atoms with Crippen molar-refractivity contribution in [2.24, 2.45) is 5.41 Å². The molecule has 0 fully saturated rings. The normalized spacial score (nSPS) is 11.9. The van der Waals surface area contributed by atoms with E-state index in [1.165, 1.54) is 10.4 Å². The summed E-state index contributed by atoms with van der Waals surface area (Å²) in [6.45, 7) is 6.33. The zero-order valence-electron chi connectivity index (χ0n) is 11.3. The molecule has 3 nitrogen and oxygen atoms in total. The molecule has 5 heteroatoms. The largest absolute Gasteiger partial charge is 0.396 e. The summed E-state index contributed by atoms with van der Waals surface area (Å²) >= 11 is 3.44. The number of aromatic nitrogens is 1. The molecular weight excluding hydrogens is 276 g/mol. The fraction of sp³-hybridized carbons (Fsp3) is 0.500. The number of hydrogen-bond donors (Lipinski definition) is 2. The van der Waals surface area contributed by atoms with E-state index in [1.54, 1.807) is 22.7 Å². The van der Waals surface area contributed by atoms with Crippen LogP contribution in [0.2, 0.25) is 0 Å². The average molecular weight is 296 g/mol. The first-order valence-corrected chi connectivity index (χ1v) is 8.15. The van der Waals surface area contributed by atoms with E-state index in [9.17, 15) is 0 Å². The minimum atomic E-state index is 0.135. The number of aliphatic hydroxyl groups excluding tert-OH is 1. The zero-order chi connectivity index (χ0) is 13.7. The van der Waals surface area contributed by atoms with E-state index < -0.39 is 0 Å². The average Bonchev–Trinajstić information content (AvgIpc) is 2.98. The lowest BCUT2D eigenvalue weighted by atomic mass is 9.90. The third-order valence-corrected chi connectivity index (χ3v) is 4.74. The Morgan fingerprint density at radius 3 is 2.95 bits per heavy atom. The highest BCUT2D eigenvalue weighted by Gasteiger charge is 2.16. The number of nitrogens with zero attached hydrogens (tertiary/aromatic N) is 1. The topological polar surface area (TPSA) is 45.1 Å². The Kier molecular flexibility index (Phi) is 5.10. The summed E-state index contributed by atoms with van der Waals surface area (Å²) in [4.78, 5) is 5.71. The lowest BCUT2D eigenvalue weighted by Crippen LogP contribution is -2.29. The van der Waals surface area contributed by atoms with E-state index in [4.69, 9.17) is 5.11 Å². The first-order valence-electron chi connectivity index (χ1n) is 6.39. The van der Waals surface area contributed by atoms with Crippen molar-refractivity contribution >= 4 is 22.7 Å². The number of aliphatic hydroxyl groups is 1. The predicted molar refractivity (Wildman–Crippen MR) is 82.6 cm³/mol. The molecular formula is C14H20N2OS2. The number of thiazole rings is 1. The first kappa shape index (κ1) is 14.7. The van der Waals surface area contributed by atoms with Gasteiger partial charge in [0.2, 0.25) is 0 Å². The third-order valence-electron chi connectivity index (χ3n) is 3.01. The Balaban J connectivity index is 1.84. The van der Waals surface area contributed by atoms with Gasteiger partial charge >= 0.3 is 0 Å². The van der Waals surface area contributed by atoms with Crippen molar-refractivity contribution in [2.45, 2.75) is 26.8 Å². The summed E-state index contributed by atoms with van der Waals surface area (Å²) < 4.78 is 0. The first-order chi connectivity index (χ1) is 9.11. The van der Waals surface area contributed by atoms with E-state index in [0.29, 0.717) is 0 Å². The monoisotopic (exact) mass is 296 g/mol. The van der Waals surface area contributed by atoms with Crippen molar-refractivity contribution in [3.8, 4) is 10.6 Å². The van der Waals surface area contributed by atoms with Gasteiger partial charge in [-0.05, 0) is 23.3 Å². The maximum Gasteiger partial charge on any atom is 0.124 e. The molecule has 0 aromatic carbocycles. The Labute approximate surface area is 122 Å². The second-order valence-electron chi connectivity index (χ2n) is 5.39. The van der Waals surface area contributed by atoms with Gasteiger partial charge in [-0.25, -0.2) is 4.98 Å². The third kappa shape index (κ3) is 4.38. The summed E-state index contributed by atoms with van der Waals surface area (Å²) in [6, 6.07) is 2.10. The summed E-state index contributed by atoms with van der Waals surface area (Å²) in [5.74, 6) is 0. The second-order valence-corrected chi connectivity index (χ2v) is 7.28. The molecule has 0 saturated carbocycles. The predicted octanol–water partition coefficient (Wildman–Crippen LogP) is 3.37. The van der Waals surface area contributed by atoms with Crippen molar-refractivity contribution in [3.05, 3.63) is 27.9 Å². The number of hydrogen-bond acceptors (Lipinski definition) is 5. The highest BCUT2D eigenvalue weighted by Crippen LogP contribution is 2.27. The van der Waals surface area contributed by atoms with Gasteiger partial charge in [0.1, 0.15) is 5.01 Å². The SMILES string of the molecule is CC(C)(CCO)CNCc1cnc(-c2ccsc2)s1. The van der Waals surface area contributed by atoms with E-state index in [-0.39, 0.29) is 12.0 Å². The van der Waals surface area contributed by atoms with Gasteiger partial charge in [0, 0.05) is 41.7 Å². The van der Waals surface area contributed by atoms with Crippen LogP contribution in [-0.4, -0.2) is 23.2 Å². The highest BCUT2D eigenvalue weighted by atomic mass is 32.1. The smallest absolute Gasteiger partial charge is 0.124 e. The fourth-order valence-electron chi connectivity index (χ4n) is 1.82. The molecule has 0 bridgehead atoms. The number of nitrogens with one attached hydrogen (secondary N) is 1. The zero-order valence-corrected chi connectivity index (χ0v) is 13.0. The van der Waals surface area contributed by atoms with E-state index in [2.05, 4.69) is 41.0 Å². The van der Waals surface area contributed by atoms with Gasteiger partial charge in [0.15, 0.2) is 0 Å². The van der Waals surface area contributed by atoms with Gasteiger partial charge in [0.05, 0.1) is 0 Å². The molecule has 0 aliphatic heterocycles. The van der Waals surface area contributed by atoms with Gasteiger partial charge in [-0.3, -0.25) is 0 Å². The van der Waals surface area contributed by atoms with Gasteiger partial charge in [-0.15, -0.1) is 11.3 Å². The van der Waals surface area contributed by atoms with Gasteiger partial charge < -0.3 is 10.4 Å². The molecule has 2 aromatic rings. The molecule has 2 aromatic heterocycles. The van der Waals surface area contributed by atoms with Gasteiger partial charge in [-0.2, -0.15) is 11.3 Å². The van der Waals surface area contributed by atoms with Crippen LogP contribution in [0.1, 0.15) is 25.1 Å². The van der Waals surface area contributed by atoms with Crippen molar-refractivity contribution in [2.75, 3.05) is 13.2 Å². The van der Waals surface area contributed by atoms with Crippen LogP contribution in [0, 0.1) is 5.41 Å². The van der Waals surface area contributed by atoms with Crippen molar-refractivity contribution in [1.82, 2.24) is 10.3 Å². The number of thiophene rings is 1. The maximum absolute atomic E-state index is 8.99. The quantitative estimate of drug-likeness (QED) is 0.823. The number of rotatable bonds is 7. The van der Waals surface area contributed by atoms with Crippen LogP contribution < -0.4 is 5.32 Å². The summed E-state index contributed by atoms with van der Waals surface area (Å²) in [6.07, 6.45) is 2.77. The summed E-state index contributed by atoms with van der Waals surface area (Å²) in [7, 11) is 0. The van der Waals surface area contributed by atoms with Crippen LogP contribution in [0.25, 0.3) is 10.6 Å². The Hall–Kier alpha value is -0.750. The minimum absolute atomic E-state index is 0.135. The fourth-order valence-corrected chi connectivity index (χ4v) is 3.42. The molecule has 19 heavy (non-hydrogen) atoms. The molecule has 0 aliphatic rings. The van der Waals surface area contributed by atoms with Gasteiger partial charge in [0.25, 0.3) is 0 Å². The van der Waals surface area contributed by atoms with Crippen molar-refractivity contribution in [3.63, 3.8) is 0 Å². The molecule has 2 heterocycles. The van der Waals surface area contributed by atoms with Crippen molar-refractivity contribution in [1.29, 1.82) is 0 Å². The van der Waals surface area contributed by atoms with Crippen LogP contribution >= 0.6 is 22.7 Å². The van der Waals surface area contributed by atoms with E-state index in [1.807, 2.05) is 6.20 Å². The Morgan fingerprint density at radius 2 is 2.26 bits per heavy atom. The molecule has 0 spiro atoms. The van der Waals surface area contributed by atoms with Crippen molar-refractivity contribution < 1.29 is 5.11 Å². The molecule has 0 unspecified atom stereocenters. The molecule has 0 radical (unpaired) electrons. The molecule has 0 saturated heterocycles. The van der Waals surface area contributed by atoms with E-state index >= 15 is 0 Å². The lowest BCUT2D eigenvalue weighted by Gasteiger charge is -2.23. The molecule has 0 amide bonds. The van der Waals surface area contributed by atoms with Gasteiger partial charge in [-0.1, -0.05) is 13.8 Å².